The molecule has 0 atom stereocenters. The Morgan fingerprint density at radius 2 is 1.74 bits per heavy atom. The minimum Gasteiger partial charge on any atom is -0.0836 e. The van der Waals surface area contributed by atoms with E-state index in [9.17, 15) is 0 Å². The first-order chi connectivity index (χ1) is 9.34. The Bertz CT molecular complexity index is 576. The highest BCUT2D eigenvalue weighted by atomic mass is 14.1. The number of rotatable bonds is 1. The van der Waals surface area contributed by atoms with Gasteiger partial charge in [-0.2, -0.15) is 0 Å². The smallest absolute Gasteiger partial charge is 0.0109 e. The van der Waals surface area contributed by atoms with Gasteiger partial charge in [0.2, 0.25) is 0 Å². The first-order valence-corrected chi connectivity index (χ1v) is 7.20. The Hall–Kier alpha value is -1.82. The quantitative estimate of drug-likeness (QED) is 0.613. The van der Waals surface area contributed by atoms with Crippen molar-refractivity contribution in [2.75, 3.05) is 0 Å². The van der Waals surface area contributed by atoms with Gasteiger partial charge in [0.1, 0.15) is 0 Å². The van der Waals surface area contributed by atoms with E-state index in [0.717, 1.165) is 0 Å². The molecule has 3 rings (SSSR count). The first kappa shape index (κ1) is 13.6. The van der Waals surface area contributed by atoms with Crippen LogP contribution in [0.3, 0.4) is 0 Å². The van der Waals surface area contributed by atoms with Gasteiger partial charge in [-0.05, 0) is 42.0 Å². The Labute approximate surface area is 116 Å². The van der Waals surface area contributed by atoms with Crippen LogP contribution in [0.4, 0.5) is 0 Å². The molecule has 98 valence electrons. The fraction of sp³-hybridized carbons (Fsp3) is 0.263. The molecular weight excluding hydrogens is 228 g/mol. The maximum absolute atomic E-state index is 2.28. The zero-order chi connectivity index (χ0) is 13.7. The van der Waals surface area contributed by atoms with Gasteiger partial charge in [-0.1, -0.05) is 74.0 Å². The van der Waals surface area contributed by atoms with Gasteiger partial charge in [0, 0.05) is 0 Å². The van der Waals surface area contributed by atoms with Gasteiger partial charge in [-0.3, -0.25) is 0 Å². The molecule has 0 heterocycles. The minimum atomic E-state index is 1.17. The molecule has 0 aliphatic heterocycles. The number of allylic oxidation sites excluding steroid dienone is 1. The predicted octanol–water partition coefficient (Wildman–Crippen LogP) is 5.65. The van der Waals surface area contributed by atoms with E-state index in [4.69, 9.17) is 0 Å². The zero-order valence-corrected chi connectivity index (χ0v) is 12.1. The van der Waals surface area contributed by atoms with Gasteiger partial charge in [-0.15, -0.1) is 0 Å². The molecule has 0 saturated carbocycles. The fourth-order valence-electron chi connectivity index (χ4n) is 2.53. The maximum Gasteiger partial charge on any atom is -0.0109 e. The third-order valence-electron chi connectivity index (χ3n) is 3.39. The van der Waals surface area contributed by atoms with Crippen LogP contribution in [-0.4, -0.2) is 0 Å². The van der Waals surface area contributed by atoms with Crippen molar-refractivity contribution in [1.82, 2.24) is 0 Å². The summed E-state index contributed by atoms with van der Waals surface area (Å²) in [6.45, 7) is 6.15. The maximum atomic E-state index is 2.28. The largest absolute Gasteiger partial charge is 0.0836 e. The average Bonchev–Trinajstić information content (AvgIpc) is 2.49. The molecule has 2 aromatic carbocycles. The summed E-state index contributed by atoms with van der Waals surface area (Å²) in [6, 6.07) is 15.4. The lowest BCUT2D eigenvalue weighted by Crippen LogP contribution is -1.96. The summed E-state index contributed by atoms with van der Waals surface area (Å²) < 4.78 is 0. The highest BCUT2D eigenvalue weighted by molar-refractivity contribution is 5.78. The summed E-state index contributed by atoms with van der Waals surface area (Å²) in [5.41, 5.74) is 6.89. The molecule has 2 aromatic rings. The second kappa shape index (κ2) is 6.38. The van der Waals surface area contributed by atoms with E-state index in [-0.39, 0.29) is 0 Å². The summed E-state index contributed by atoms with van der Waals surface area (Å²) in [5, 5.41) is 0. The summed E-state index contributed by atoms with van der Waals surface area (Å²) in [4.78, 5) is 0. The number of fused-ring (bicyclic) bond motifs is 1. The van der Waals surface area contributed by atoms with Gasteiger partial charge >= 0.3 is 0 Å². The molecule has 0 spiro atoms. The normalized spacial score (nSPS) is 12.4. The summed E-state index contributed by atoms with van der Waals surface area (Å²) >= 11 is 0. The number of benzene rings is 2. The molecule has 0 fully saturated rings. The van der Waals surface area contributed by atoms with Crippen molar-refractivity contribution in [3.8, 4) is 11.1 Å². The summed E-state index contributed by atoms with van der Waals surface area (Å²) in [6.07, 6.45) is 6.90. The van der Waals surface area contributed by atoms with Gasteiger partial charge in [0.15, 0.2) is 0 Å². The third-order valence-corrected chi connectivity index (χ3v) is 3.39. The lowest BCUT2D eigenvalue weighted by atomic mass is 9.90. The molecule has 0 heteroatoms. The van der Waals surface area contributed by atoms with E-state index >= 15 is 0 Å². The predicted molar refractivity (Wildman–Crippen MR) is 85.3 cm³/mol. The third kappa shape index (κ3) is 2.96. The van der Waals surface area contributed by atoms with Crippen LogP contribution in [0, 0.1) is 6.92 Å². The van der Waals surface area contributed by atoms with Crippen molar-refractivity contribution in [3.63, 3.8) is 0 Å². The Morgan fingerprint density at radius 1 is 0.947 bits per heavy atom. The topological polar surface area (TPSA) is 0 Å². The van der Waals surface area contributed by atoms with E-state index in [1.807, 2.05) is 13.8 Å². The first-order valence-electron chi connectivity index (χ1n) is 7.20. The molecule has 0 unspecified atom stereocenters. The number of hydrogen-bond acceptors (Lipinski definition) is 0. The Morgan fingerprint density at radius 3 is 2.53 bits per heavy atom. The van der Waals surface area contributed by atoms with Gasteiger partial charge in [-0.25, -0.2) is 0 Å². The second-order valence-electron chi connectivity index (χ2n) is 4.69. The molecule has 0 amide bonds. The van der Waals surface area contributed by atoms with Crippen LogP contribution in [0.25, 0.3) is 17.2 Å². The molecule has 0 bridgehead atoms. The molecule has 19 heavy (non-hydrogen) atoms. The SMILES string of the molecule is CC.Cc1cccc(-c2cccc3c2C=CCC3)c1. The lowest BCUT2D eigenvalue weighted by Gasteiger charge is -2.15. The molecule has 0 nitrogen and oxygen atoms in total. The number of hydrogen-bond donors (Lipinski definition) is 0. The molecule has 1 aliphatic rings. The second-order valence-corrected chi connectivity index (χ2v) is 4.69. The molecule has 0 saturated heterocycles. The van der Waals surface area contributed by atoms with Gasteiger partial charge in [0.05, 0.1) is 0 Å². The van der Waals surface area contributed by atoms with E-state index in [2.05, 4.69) is 61.5 Å². The van der Waals surface area contributed by atoms with E-state index in [0.29, 0.717) is 0 Å². The van der Waals surface area contributed by atoms with Crippen molar-refractivity contribution in [3.05, 3.63) is 65.2 Å². The molecule has 1 aliphatic carbocycles. The van der Waals surface area contributed by atoms with Crippen molar-refractivity contribution in [2.45, 2.75) is 33.6 Å². The monoisotopic (exact) mass is 250 g/mol. The Balaban J connectivity index is 0.000000637. The van der Waals surface area contributed by atoms with Crippen LogP contribution in [0.15, 0.2) is 48.5 Å². The summed E-state index contributed by atoms with van der Waals surface area (Å²) in [5.74, 6) is 0. The van der Waals surface area contributed by atoms with Crippen molar-refractivity contribution < 1.29 is 0 Å². The fourth-order valence-corrected chi connectivity index (χ4v) is 2.53. The van der Waals surface area contributed by atoms with Crippen molar-refractivity contribution >= 4 is 6.08 Å². The van der Waals surface area contributed by atoms with Gasteiger partial charge in [0.25, 0.3) is 0 Å². The van der Waals surface area contributed by atoms with Crippen LogP contribution in [-0.2, 0) is 6.42 Å². The molecule has 0 aromatic heterocycles. The van der Waals surface area contributed by atoms with Crippen LogP contribution in [0.5, 0.6) is 0 Å². The highest BCUT2D eigenvalue weighted by Crippen LogP contribution is 2.30. The molecule has 0 radical (unpaired) electrons. The van der Waals surface area contributed by atoms with Crippen LogP contribution < -0.4 is 0 Å². The zero-order valence-electron chi connectivity index (χ0n) is 12.1. The van der Waals surface area contributed by atoms with Crippen LogP contribution in [0.1, 0.15) is 37.0 Å². The highest BCUT2D eigenvalue weighted by Gasteiger charge is 2.09. The van der Waals surface area contributed by atoms with E-state index in [1.54, 1.807) is 0 Å². The Kier molecular flexibility index (Phi) is 4.57. The van der Waals surface area contributed by atoms with E-state index in [1.165, 1.54) is 40.7 Å². The van der Waals surface area contributed by atoms with Crippen molar-refractivity contribution in [2.24, 2.45) is 0 Å². The molecule has 0 N–H and O–H groups in total. The van der Waals surface area contributed by atoms with Crippen molar-refractivity contribution in [1.29, 1.82) is 0 Å². The van der Waals surface area contributed by atoms with E-state index < -0.39 is 0 Å². The van der Waals surface area contributed by atoms with Crippen LogP contribution in [0.2, 0.25) is 0 Å². The standard InChI is InChI=1S/C17H16.C2H6/c1-13-6-4-9-15(12-13)17-11-5-8-14-7-2-3-10-16(14)17;1-2/h3-6,8-12H,2,7H2,1H3;1-2H3. The van der Waals surface area contributed by atoms with Gasteiger partial charge < -0.3 is 0 Å². The number of aryl methyl sites for hydroxylation is 2. The minimum absolute atomic E-state index is 1.17. The van der Waals surface area contributed by atoms with Crippen LogP contribution >= 0.6 is 0 Å². The summed E-state index contributed by atoms with van der Waals surface area (Å²) in [7, 11) is 0. The lowest BCUT2D eigenvalue weighted by molar-refractivity contribution is 0.986. The molecular formula is C19H22. The average molecular weight is 250 g/mol.